The molecule has 2 rings (SSSR count). The molecule has 0 saturated carbocycles. The molecule has 0 fully saturated rings. The fourth-order valence-corrected chi connectivity index (χ4v) is 3.10. The molecule has 0 aromatic heterocycles. The lowest BCUT2D eigenvalue weighted by Crippen LogP contribution is -2.49. The molecule has 31 heavy (non-hydrogen) atoms. The van der Waals surface area contributed by atoms with Crippen LogP contribution in [0.4, 0.5) is 18.0 Å². The van der Waals surface area contributed by atoms with Crippen molar-refractivity contribution in [2.45, 2.75) is 38.5 Å². The van der Waals surface area contributed by atoms with Crippen LogP contribution in [0.3, 0.4) is 0 Å². The quantitative estimate of drug-likeness (QED) is 0.295. The molecule has 0 spiro atoms. The Balaban J connectivity index is 2.21. The van der Waals surface area contributed by atoms with Crippen molar-refractivity contribution < 1.29 is 52.4 Å². The zero-order valence-corrected chi connectivity index (χ0v) is 17.8. The maximum absolute atomic E-state index is 13.6. The third-order valence-corrected chi connectivity index (χ3v) is 4.41. The summed E-state index contributed by atoms with van der Waals surface area (Å²) in [7, 11) is 0. The normalized spacial score (nSPS) is 16.0. The molecule has 0 amide bonds. The lowest BCUT2D eigenvalue weighted by Gasteiger charge is -2.30. The van der Waals surface area contributed by atoms with Crippen LogP contribution in [0.5, 0.6) is 5.75 Å². The Morgan fingerprint density at radius 1 is 1.13 bits per heavy atom. The Morgan fingerprint density at radius 2 is 1.81 bits per heavy atom. The minimum Gasteiger partial charge on any atom is -0.475 e. The molecule has 1 unspecified atom stereocenters. The zero-order valence-electron chi connectivity index (χ0n) is 17.0. The molecule has 0 bridgehead atoms. The first-order valence-electron chi connectivity index (χ1n) is 8.97. The number of fused-ring (bicyclic) bond motifs is 1. The van der Waals surface area contributed by atoms with Crippen LogP contribution in [-0.2, 0) is 29.3 Å². The van der Waals surface area contributed by atoms with E-state index >= 15 is 0 Å². The number of alkyl halides is 3. The van der Waals surface area contributed by atoms with E-state index in [0.717, 1.165) is 6.08 Å². The molecule has 1 aliphatic rings. The lowest BCUT2D eigenvalue weighted by molar-refractivity contribution is -0.689. The summed E-state index contributed by atoms with van der Waals surface area (Å²) in [5, 5.41) is 0.307. The number of hydrogen-bond donors (Lipinski definition) is 1. The van der Waals surface area contributed by atoms with E-state index in [9.17, 15) is 22.8 Å². The number of hydrogen-bond acceptors (Lipinski definition) is 7. The van der Waals surface area contributed by atoms with Crippen molar-refractivity contribution in [1.82, 2.24) is 0 Å². The molecule has 1 heterocycles. The number of esters is 1. The Hall–Kier alpha value is -2.50. The maximum Gasteiger partial charge on any atom is 0.511 e. The second-order valence-corrected chi connectivity index (χ2v) is 7.87. The molecule has 1 aliphatic heterocycles. The van der Waals surface area contributed by atoms with Gasteiger partial charge in [-0.15, -0.1) is 0 Å². The average Bonchev–Trinajstić information content (AvgIpc) is 2.65. The molecule has 1 aromatic rings. The first-order chi connectivity index (χ1) is 14.3. The molecule has 1 atom stereocenters. The van der Waals surface area contributed by atoms with E-state index in [1.165, 1.54) is 12.1 Å². The summed E-state index contributed by atoms with van der Waals surface area (Å²) < 4.78 is 59.4. The maximum atomic E-state index is 13.6. The van der Waals surface area contributed by atoms with Gasteiger partial charge in [-0.25, -0.2) is 20.3 Å². The summed E-state index contributed by atoms with van der Waals surface area (Å²) in [6, 6.07) is 2.83. The van der Waals surface area contributed by atoms with Gasteiger partial charge < -0.3 is 18.9 Å². The Labute approximate surface area is 180 Å². The van der Waals surface area contributed by atoms with Crippen LogP contribution in [0.1, 0.15) is 31.9 Å². The number of carbonyl (C=O) groups excluding carboxylic acids is 2. The third-order valence-electron chi connectivity index (χ3n) is 4.09. The van der Waals surface area contributed by atoms with Crippen molar-refractivity contribution >= 4 is 29.8 Å². The number of ether oxygens (including phenoxy) is 4. The van der Waals surface area contributed by atoms with Crippen LogP contribution in [-0.4, -0.2) is 44.4 Å². The second-order valence-electron chi connectivity index (χ2n) is 7.46. The van der Waals surface area contributed by atoms with Crippen molar-refractivity contribution in [3.05, 3.63) is 33.9 Å². The summed E-state index contributed by atoms with van der Waals surface area (Å²) in [5.74, 6) is 1.62. The predicted molar refractivity (Wildman–Crippen MR) is 101 cm³/mol. The van der Waals surface area contributed by atoms with E-state index in [0.29, 0.717) is 10.6 Å². The molecule has 12 heteroatoms. The summed E-state index contributed by atoms with van der Waals surface area (Å²) >= 11 is 6.26. The van der Waals surface area contributed by atoms with E-state index in [4.69, 9.17) is 16.3 Å². The minimum atomic E-state index is -4.90. The van der Waals surface area contributed by atoms with Crippen LogP contribution >= 0.6 is 11.6 Å². The van der Waals surface area contributed by atoms with Gasteiger partial charge in [0.25, 0.3) is 0 Å². The van der Waals surface area contributed by atoms with Crippen LogP contribution in [0.25, 0.3) is 6.08 Å². The molecule has 0 aliphatic carbocycles. The van der Waals surface area contributed by atoms with Crippen molar-refractivity contribution in [1.29, 1.82) is 0 Å². The van der Waals surface area contributed by atoms with E-state index in [1.807, 2.05) is 20.8 Å². The first-order valence-corrected chi connectivity index (χ1v) is 9.35. The zero-order chi connectivity index (χ0) is 23.4. The number of halogens is 4. The second kappa shape index (κ2) is 9.75. The van der Waals surface area contributed by atoms with Crippen molar-refractivity contribution in [2.75, 3.05) is 20.0 Å². The SMILES string of the molecule is CC(C)(C)c1cc2c(cc1Cl)C=C(C(=O)OCOC(=O)OCCO[NH3+])C(C(F)(F)F)O2. The van der Waals surface area contributed by atoms with Gasteiger partial charge in [-0.2, -0.15) is 13.2 Å². The number of quaternary nitrogens is 1. The highest BCUT2D eigenvalue weighted by molar-refractivity contribution is 6.31. The highest BCUT2D eigenvalue weighted by Gasteiger charge is 2.49. The molecule has 172 valence electrons. The molecule has 0 saturated heterocycles. The highest BCUT2D eigenvalue weighted by Crippen LogP contribution is 2.42. The first kappa shape index (κ1) is 24.8. The summed E-state index contributed by atoms with van der Waals surface area (Å²) in [6.45, 7) is 4.42. The average molecular weight is 469 g/mol. The topological polar surface area (TPSA) is 108 Å². The standard InChI is InChI=1S/C19H22ClF3NO7/c1-18(2,3)12-8-14-10(7-13(12)20)6-11(15(31-14)19(21,22)23)16(25)28-9-29-17(26)27-4-5-30-24/h6-8,15H,4-5,9H2,1-3,24H3/q+1. The molecule has 8 nitrogen and oxygen atoms in total. The molecular formula is C19H22ClF3NO7+. The van der Waals surface area contributed by atoms with Crippen molar-refractivity contribution in [3.63, 3.8) is 0 Å². The van der Waals surface area contributed by atoms with E-state index in [1.54, 1.807) is 0 Å². The van der Waals surface area contributed by atoms with E-state index in [-0.39, 0.29) is 24.5 Å². The molecule has 0 radical (unpaired) electrons. The number of benzene rings is 1. The van der Waals surface area contributed by atoms with Gasteiger partial charge in [-0.05, 0) is 29.2 Å². The summed E-state index contributed by atoms with van der Waals surface area (Å²) in [4.78, 5) is 27.9. The highest BCUT2D eigenvalue weighted by atomic mass is 35.5. The fourth-order valence-electron chi connectivity index (χ4n) is 2.64. The van der Waals surface area contributed by atoms with Gasteiger partial charge in [0.05, 0.1) is 5.57 Å². The number of rotatable bonds is 6. The van der Waals surface area contributed by atoms with Gasteiger partial charge in [-0.3, -0.25) is 0 Å². The largest absolute Gasteiger partial charge is 0.511 e. The van der Waals surface area contributed by atoms with Crippen LogP contribution in [0.15, 0.2) is 17.7 Å². The van der Waals surface area contributed by atoms with Gasteiger partial charge in [-0.1, -0.05) is 32.4 Å². The van der Waals surface area contributed by atoms with Crippen LogP contribution < -0.4 is 10.6 Å². The summed E-state index contributed by atoms with van der Waals surface area (Å²) in [5.41, 5.74) is -0.497. The molecular weight excluding hydrogens is 447 g/mol. The monoisotopic (exact) mass is 468 g/mol. The summed E-state index contributed by atoms with van der Waals surface area (Å²) in [6.07, 6.45) is -7.68. The fraction of sp³-hybridized carbons (Fsp3) is 0.474. The van der Waals surface area contributed by atoms with Crippen LogP contribution in [0.2, 0.25) is 5.02 Å². The van der Waals surface area contributed by atoms with E-state index < -0.39 is 42.2 Å². The molecule has 3 N–H and O–H groups in total. The van der Waals surface area contributed by atoms with Crippen LogP contribution in [0, 0.1) is 0 Å². The van der Waals surface area contributed by atoms with Gasteiger partial charge >= 0.3 is 18.3 Å². The Morgan fingerprint density at radius 3 is 2.39 bits per heavy atom. The molecule has 1 aromatic carbocycles. The van der Waals surface area contributed by atoms with Gasteiger partial charge in [0.2, 0.25) is 12.9 Å². The van der Waals surface area contributed by atoms with Gasteiger partial charge in [0, 0.05) is 10.6 Å². The van der Waals surface area contributed by atoms with Crippen molar-refractivity contribution in [3.8, 4) is 5.75 Å². The number of carbonyl (C=O) groups is 2. The smallest absolute Gasteiger partial charge is 0.475 e. The Kier molecular flexibility index (Phi) is 7.79. The predicted octanol–water partition coefficient (Wildman–Crippen LogP) is 3.17. The van der Waals surface area contributed by atoms with E-state index in [2.05, 4.69) is 24.9 Å². The third kappa shape index (κ3) is 6.49. The van der Waals surface area contributed by atoms with Crippen molar-refractivity contribution in [2.24, 2.45) is 0 Å². The Bertz CT molecular complexity index is 865. The minimum absolute atomic E-state index is 0.00523. The van der Waals surface area contributed by atoms with Gasteiger partial charge in [0.1, 0.15) is 19.0 Å². The lowest BCUT2D eigenvalue weighted by atomic mass is 9.85. The van der Waals surface area contributed by atoms with Gasteiger partial charge in [0.15, 0.2) is 0 Å².